The van der Waals surface area contributed by atoms with Gasteiger partial charge in [-0.15, -0.1) is 0 Å². The molecule has 2 aromatic rings. The molecule has 0 aliphatic rings. The molecule has 0 spiro atoms. The molecule has 1 heterocycles. The van der Waals surface area contributed by atoms with Crippen LogP contribution >= 0.6 is 11.8 Å². The smallest absolute Gasteiger partial charge is 0.125 e. The van der Waals surface area contributed by atoms with E-state index in [4.69, 9.17) is 0 Å². The minimum Gasteiger partial charge on any atom is -0.344 e. The minimum absolute atomic E-state index is 0.161. The molecule has 0 fully saturated rings. The van der Waals surface area contributed by atoms with Crippen molar-refractivity contribution in [2.75, 3.05) is 6.26 Å². The number of nitrogens with zero attached hydrogens (tertiary/aromatic N) is 1. The van der Waals surface area contributed by atoms with E-state index < -0.39 is 0 Å². The van der Waals surface area contributed by atoms with Gasteiger partial charge in [0.2, 0.25) is 0 Å². The van der Waals surface area contributed by atoms with E-state index in [0.29, 0.717) is 0 Å². The lowest BCUT2D eigenvalue weighted by molar-refractivity contribution is 0.628. The maximum Gasteiger partial charge on any atom is 0.125 e. The number of thioether (sulfide) groups is 1. The minimum atomic E-state index is -0.161. The van der Waals surface area contributed by atoms with Crippen molar-refractivity contribution in [2.24, 2.45) is 0 Å². The lowest BCUT2D eigenvalue weighted by atomic mass is 10.2. The topological polar surface area (TPSA) is 4.93 Å². The number of aryl methyl sites for hydroxylation is 1. The van der Waals surface area contributed by atoms with Crippen LogP contribution in [0.2, 0.25) is 0 Å². The number of benzene rings is 1. The van der Waals surface area contributed by atoms with Crippen LogP contribution in [-0.2, 0) is 12.3 Å². The summed E-state index contributed by atoms with van der Waals surface area (Å²) in [5.74, 6) is 0.815. The molecule has 3 heteroatoms. The van der Waals surface area contributed by atoms with Crippen LogP contribution in [0.5, 0.6) is 0 Å². The summed E-state index contributed by atoms with van der Waals surface area (Å²) >= 11 is 1.79. The maximum absolute atomic E-state index is 13.1. The number of aromatic nitrogens is 1. The quantitative estimate of drug-likeness (QED) is 0.768. The van der Waals surface area contributed by atoms with Crippen molar-refractivity contribution in [2.45, 2.75) is 19.2 Å². The van der Waals surface area contributed by atoms with Gasteiger partial charge in [0, 0.05) is 23.4 Å². The Bertz CT molecular complexity index is 476. The monoisotopic (exact) mass is 223 g/mol. The molecule has 0 aliphatic heterocycles. The first-order valence-corrected chi connectivity index (χ1v) is 6.42. The van der Waals surface area contributed by atoms with Gasteiger partial charge in [-0.05, 0) is 37.4 Å². The van der Waals surface area contributed by atoms with Gasteiger partial charge in [-0.2, -0.15) is 11.8 Å². The number of hydrogen-bond acceptors (Lipinski definition) is 1. The highest BCUT2D eigenvalue weighted by Gasteiger charge is 2.07. The van der Waals surface area contributed by atoms with Crippen LogP contribution in [-0.4, -0.2) is 10.8 Å². The van der Waals surface area contributed by atoms with Crippen LogP contribution in [0.15, 0.2) is 24.3 Å². The summed E-state index contributed by atoms with van der Waals surface area (Å²) in [4.78, 5) is 0. The van der Waals surface area contributed by atoms with E-state index in [2.05, 4.69) is 23.8 Å². The predicted octanol–water partition coefficient (Wildman–Crippen LogP) is 3.66. The van der Waals surface area contributed by atoms with Gasteiger partial charge >= 0.3 is 0 Å². The molecule has 80 valence electrons. The van der Waals surface area contributed by atoms with Crippen LogP contribution < -0.4 is 0 Å². The zero-order valence-corrected chi connectivity index (χ0v) is 9.77. The van der Waals surface area contributed by atoms with Crippen molar-refractivity contribution in [1.29, 1.82) is 0 Å². The highest BCUT2D eigenvalue weighted by molar-refractivity contribution is 7.97. The van der Waals surface area contributed by atoms with Crippen molar-refractivity contribution in [3.05, 3.63) is 35.8 Å². The van der Waals surface area contributed by atoms with E-state index in [1.165, 1.54) is 11.8 Å². The molecule has 0 aliphatic carbocycles. The summed E-state index contributed by atoms with van der Waals surface area (Å²) in [6.07, 6.45) is 2.08. The Kier molecular flexibility index (Phi) is 3.00. The Morgan fingerprint density at radius 1 is 1.33 bits per heavy atom. The first-order chi connectivity index (χ1) is 7.26. The molecule has 1 aromatic heterocycles. The average molecular weight is 223 g/mol. The second-order valence-corrected chi connectivity index (χ2v) is 4.38. The second-order valence-electron chi connectivity index (χ2n) is 3.52. The van der Waals surface area contributed by atoms with Crippen LogP contribution in [0.3, 0.4) is 0 Å². The average Bonchev–Trinajstić information content (AvgIpc) is 2.55. The van der Waals surface area contributed by atoms with Crippen LogP contribution in [0.1, 0.15) is 12.6 Å². The molecule has 1 aromatic carbocycles. The van der Waals surface area contributed by atoms with Crippen molar-refractivity contribution < 1.29 is 4.39 Å². The zero-order chi connectivity index (χ0) is 10.8. The number of fused-ring (bicyclic) bond motifs is 1. The number of halogens is 1. The molecule has 0 N–H and O–H groups in total. The molecule has 1 nitrogen and oxygen atoms in total. The van der Waals surface area contributed by atoms with E-state index in [9.17, 15) is 4.39 Å². The van der Waals surface area contributed by atoms with Crippen molar-refractivity contribution >= 4 is 22.7 Å². The number of hydrogen-bond donors (Lipinski definition) is 0. The van der Waals surface area contributed by atoms with E-state index in [1.54, 1.807) is 17.8 Å². The van der Waals surface area contributed by atoms with E-state index >= 15 is 0 Å². The van der Waals surface area contributed by atoms with Gasteiger partial charge in [-0.3, -0.25) is 0 Å². The molecule has 0 saturated heterocycles. The molecule has 0 amide bonds. The molecular weight excluding hydrogens is 209 g/mol. The van der Waals surface area contributed by atoms with Gasteiger partial charge in [0.05, 0.1) is 5.52 Å². The first-order valence-electron chi connectivity index (χ1n) is 5.03. The maximum atomic E-state index is 13.1. The van der Waals surface area contributed by atoms with Crippen molar-refractivity contribution in [3.8, 4) is 0 Å². The van der Waals surface area contributed by atoms with E-state index in [0.717, 1.165) is 23.2 Å². The first kappa shape index (κ1) is 10.6. The highest BCUT2D eigenvalue weighted by atomic mass is 32.2. The summed E-state index contributed by atoms with van der Waals surface area (Å²) < 4.78 is 15.3. The van der Waals surface area contributed by atoms with Gasteiger partial charge < -0.3 is 4.57 Å². The second kappa shape index (κ2) is 4.27. The van der Waals surface area contributed by atoms with E-state index in [-0.39, 0.29) is 5.82 Å². The third kappa shape index (κ3) is 1.88. The Labute approximate surface area is 93.3 Å². The molecule has 0 unspecified atom stereocenters. The van der Waals surface area contributed by atoms with Crippen molar-refractivity contribution in [3.63, 3.8) is 0 Å². The fourth-order valence-corrected chi connectivity index (χ4v) is 2.46. The molecule has 0 bridgehead atoms. The van der Waals surface area contributed by atoms with Crippen LogP contribution in [0, 0.1) is 5.82 Å². The van der Waals surface area contributed by atoms with Gasteiger partial charge in [-0.25, -0.2) is 4.39 Å². The molecule has 0 radical (unpaired) electrons. The van der Waals surface area contributed by atoms with Gasteiger partial charge in [0.15, 0.2) is 0 Å². The standard InChI is InChI=1S/C12H14FNS/c1-3-14-11(8-15-2)6-9-4-5-10(13)7-12(9)14/h4-7H,3,8H2,1-2H3. The van der Waals surface area contributed by atoms with Crippen molar-refractivity contribution in [1.82, 2.24) is 4.57 Å². The molecular formula is C12H14FNS. The van der Waals surface area contributed by atoms with Gasteiger partial charge in [-0.1, -0.05) is 0 Å². The van der Waals surface area contributed by atoms with Gasteiger partial charge in [0.25, 0.3) is 0 Å². The Hall–Kier alpha value is -0.960. The van der Waals surface area contributed by atoms with Crippen LogP contribution in [0.25, 0.3) is 10.9 Å². The third-order valence-electron chi connectivity index (χ3n) is 2.56. The largest absolute Gasteiger partial charge is 0.344 e. The Morgan fingerprint density at radius 3 is 2.80 bits per heavy atom. The SMILES string of the molecule is CCn1c(CSC)cc2ccc(F)cc21. The number of rotatable bonds is 3. The summed E-state index contributed by atoms with van der Waals surface area (Å²) in [6, 6.07) is 7.13. The summed E-state index contributed by atoms with van der Waals surface area (Å²) in [5, 5.41) is 1.13. The Morgan fingerprint density at radius 2 is 2.13 bits per heavy atom. The third-order valence-corrected chi connectivity index (χ3v) is 3.14. The summed E-state index contributed by atoms with van der Waals surface area (Å²) in [5.41, 5.74) is 2.27. The molecule has 15 heavy (non-hydrogen) atoms. The molecule has 0 atom stereocenters. The zero-order valence-electron chi connectivity index (χ0n) is 8.96. The fourth-order valence-electron chi connectivity index (χ4n) is 1.93. The molecule has 2 rings (SSSR count). The Balaban J connectivity index is 2.63. The summed E-state index contributed by atoms with van der Waals surface area (Å²) in [7, 11) is 0. The lowest BCUT2D eigenvalue weighted by Crippen LogP contribution is -1.98. The van der Waals surface area contributed by atoms with Gasteiger partial charge in [0.1, 0.15) is 5.82 Å². The van der Waals surface area contributed by atoms with E-state index in [1.807, 2.05) is 6.07 Å². The summed E-state index contributed by atoms with van der Waals surface area (Å²) in [6.45, 7) is 2.98. The molecule has 0 saturated carbocycles. The van der Waals surface area contributed by atoms with Crippen LogP contribution in [0.4, 0.5) is 4.39 Å². The fraction of sp³-hybridized carbons (Fsp3) is 0.333. The predicted molar refractivity (Wildman–Crippen MR) is 64.8 cm³/mol. The normalized spacial score (nSPS) is 11.1. The lowest BCUT2D eigenvalue weighted by Gasteiger charge is -2.06. The highest BCUT2D eigenvalue weighted by Crippen LogP contribution is 2.23.